The van der Waals surface area contributed by atoms with Gasteiger partial charge in [0.25, 0.3) is 0 Å². The summed E-state index contributed by atoms with van der Waals surface area (Å²) in [5.41, 5.74) is 2.52. The van der Waals surface area contributed by atoms with Crippen molar-refractivity contribution in [2.24, 2.45) is 11.8 Å². The molecule has 1 saturated heterocycles. The van der Waals surface area contributed by atoms with Gasteiger partial charge in [0.1, 0.15) is 0 Å². The van der Waals surface area contributed by atoms with Crippen LogP contribution in [-0.2, 0) is 19.2 Å². The summed E-state index contributed by atoms with van der Waals surface area (Å²) >= 11 is 0. The molecule has 2 atom stereocenters. The summed E-state index contributed by atoms with van der Waals surface area (Å²) in [5.74, 6) is -1.81. The number of ether oxygens (including phenoxy) is 1. The average molecular weight is 187 g/mol. The van der Waals surface area contributed by atoms with Crippen molar-refractivity contribution in [1.82, 2.24) is 5.48 Å². The molecule has 0 bridgehead atoms. The van der Waals surface area contributed by atoms with E-state index >= 15 is 0 Å². The van der Waals surface area contributed by atoms with Gasteiger partial charge in [0.2, 0.25) is 0 Å². The Labute approximate surface area is 76.3 Å². The number of carbonyl (C=O) groups is 2. The molecule has 1 N–H and O–H groups in total. The zero-order valence-corrected chi connectivity index (χ0v) is 7.87. The standard InChI is InChI=1S/C8H13NO4/c1-4(2)6-5(7(10)12-3)8(11)13-9-6/h4-6,9H,1-3H3. The maximum absolute atomic E-state index is 11.2. The molecule has 1 aliphatic heterocycles. The van der Waals surface area contributed by atoms with Gasteiger partial charge in [0.05, 0.1) is 13.2 Å². The van der Waals surface area contributed by atoms with Gasteiger partial charge in [0, 0.05) is 0 Å². The van der Waals surface area contributed by atoms with Crippen LogP contribution in [0.1, 0.15) is 13.8 Å². The van der Waals surface area contributed by atoms with E-state index in [4.69, 9.17) is 0 Å². The number of rotatable bonds is 2. The van der Waals surface area contributed by atoms with Crippen LogP contribution in [0.15, 0.2) is 0 Å². The van der Waals surface area contributed by atoms with Gasteiger partial charge in [-0.05, 0) is 5.92 Å². The molecule has 0 spiro atoms. The Kier molecular flexibility index (Phi) is 2.87. The molecule has 0 saturated carbocycles. The van der Waals surface area contributed by atoms with Gasteiger partial charge in [-0.2, -0.15) is 0 Å². The highest BCUT2D eigenvalue weighted by molar-refractivity contribution is 5.96. The van der Waals surface area contributed by atoms with Gasteiger partial charge in [-0.1, -0.05) is 13.8 Å². The molecule has 0 aromatic rings. The van der Waals surface area contributed by atoms with Crippen LogP contribution in [0.2, 0.25) is 0 Å². The summed E-state index contributed by atoms with van der Waals surface area (Å²) in [6, 6.07) is -0.292. The second-order valence-electron chi connectivity index (χ2n) is 3.31. The van der Waals surface area contributed by atoms with E-state index in [-0.39, 0.29) is 12.0 Å². The lowest BCUT2D eigenvalue weighted by Crippen LogP contribution is -2.37. The molecule has 1 rings (SSSR count). The van der Waals surface area contributed by atoms with E-state index < -0.39 is 17.9 Å². The number of methoxy groups -OCH3 is 1. The monoisotopic (exact) mass is 187 g/mol. The number of hydrogen-bond acceptors (Lipinski definition) is 5. The minimum absolute atomic E-state index is 0.135. The Bertz CT molecular complexity index is 226. The average Bonchev–Trinajstić information content (AvgIpc) is 2.46. The first-order valence-electron chi connectivity index (χ1n) is 4.12. The number of carbonyl (C=O) groups excluding carboxylic acids is 2. The summed E-state index contributed by atoms with van der Waals surface area (Å²) < 4.78 is 4.51. The van der Waals surface area contributed by atoms with E-state index in [9.17, 15) is 9.59 Å². The van der Waals surface area contributed by atoms with Crippen molar-refractivity contribution in [3.05, 3.63) is 0 Å². The summed E-state index contributed by atoms with van der Waals surface area (Å²) in [6.07, 6.45) is 0. The van der Waals surface area contributed by atoms with Crippen LogP contribution in [-0.4, -0.2) is 25.1 Å². The highest BCUT2D eigenvalue weighted by Gasteiger charge is 2.44. The highest BCUT2D eigenvalue weighted by atomic mass is 16.7. The molecule has 74 valence electrons. The molecule has 0 aromatic heterocycles. The van der Waals surface area contributed by atoms with Crippen LogP contribution >= 0.6 is 0 Å². The molecule has 13 heavy (non-hydrogen) atoms. The molecule has 0 aliphatic carbocycles. The number of esters is 1. The maximum atomic E-state index is 11.2. The second-order valence-corrected chi connectivity index (χ2v) is 3.31. The predicted octanol–water partition coefficient (Wildman–Crippen LogP) is -0.138. The van der Waals surface area contributed by atoms with Crippen molar-refractivity contribution < 1.29 is 19.2 Å². The van der Waals surface area contributed by atoms with E-state index in [1.54, 1.807) is 0 Å². The van der Waals surface area contributed by atoms with Crippen LogP contribution in [0.25, 0.3) is 0 Å². The SMILES string of the molecule is COC(=O)C1C(=O)ONC1C(C)C. The van der Waals surface area contributed by atoms with Gasteiger partial charge >= 0.3 is 11.9 Å². The van der Waals surface area contributed by atoms with Gasteiger partial charge in [-0.15, -0.1) is 5.48 Å². The first-order chi connectivity index (χ1) is 6.07. The third-order valence-electron chi connectivity index (χ3n) is 2.08. The topological polar surface area (TPSA) is 64.6 Å². The Morgan fingerprint density at radius 2 is 2.23 bits per heavy atom. The number of hydrogen-bond donors (Lipinski definition) is 1. The molecule has 2 unspecified atom stereocenters. The molecule has 1 heterocycles. The second kappa shape index (κ2) is 3.74. The summed E-state index contributed by atoms with van der Waals surface area (Å²) in [5, 5.41) is 0. The largest absolute Gasteiger partial charge is 0.468 e. The van der Waals surface area contributed by atoms with Crippen LogP contribution < -0.4 is 5.48 Å². The Hall–Kier alpha value is -1.10. The predicted molar refractivity (Wildman–Crippen MR) is 43.4 cm³/mol. The fourth-order valence-electron chi connectivity index (χ4n) is 1.30. The van der Waals surface area contributed by atoms with Crippen molar-refractivity contribution in [3.63, 3.8) is 0 Å². The Morgan fingerprint density at radius 1 is 1.62 bits per heavy atom. The molecule has 1 fully saturated rings. The zero-order chi connectivity index (χ0) is 10.0. The first kappa shape index (κ1) is 9.98. The molecule has 0 aromatic carbocycles. The molecular formula is C8H13NO4. The van der Waals surface area contributed by atoms with E-state index in [0.29, 0.717) is 0 Å². The van der Waals surface area contributed by atoms with Gasteiger partial charge in [-0.25, -0.2) is 4.79 Å². The van der Waals surface area contributed by atoms with E-state index in [0.717, 1.165) is 0 Å². The smallest absolute Gasteiger partial charge is 0.340 e. The Balaban J connectivity index is 2.77. The summed E-state index contributed by atoms with van der Waals surface area (Å²) in [4.78, 5) is 26.9. The van der Waals surface area contributed by atoms with Crippen LogP contribution in [0.3, 0.4) is 0 Å². The third kappa shape index (κ3) is 1.80. The maximum Gasteiger partial charge on any atom is 0.340 e. The molecule has 1 aliphatic rings. The molecular weight excluding hydrogens is 174 g/mol. The van der Waals surface area contributed by atoms with E-state index in [2.05, 4.69) is 15.1 Å². The summed E-state index contributed by atoms with van der Waals surface area (Å²) in [7, 11) is 1.26. The highest BCUT2D eigenvalue weighted by Crippen LogP contribution is 2.21. The fraction of sp³-hybridized carbons (Fsp3) is 0.750. The minimum atomic E-state index is -0.829. The minimum Gasteiger partial charge on any atom is -0.468 e. The zero-order valence-electron chi connectivity index (χ0n) is 7.87. The molecule has 0 amide bonds. The van der Waals surface area contributed by atoms with Crippen molar-refractivity contribution >= 4 is 11.9 Å². The quantitative estimate of drug-likeness (QED) is 0.481. The lowest BCUT2D eigenvalue weighted by molar-refractivity contribution is -0.155. The normalized spacial score (nSPS) is 27.5. The molecule has 5 heteroatoms. The number of nitrogens with one attached hydrogen (secondary N) is 1. The third-order valence-corrected chi connectivity index (χ3v) is 2.08. The van der Waals surface area contributed by atoms with E-state index in [1.807, 2.05) is 13.8 Å². The van der Waals surface area contributed by atoms with Crippen molar-refractivity contribution in [1.29, 1.82) is 0 Å². The van der Waals surface area contributed by atoms with Crippen LogP contribution in [0, 0.1) is 11.8 Å². The van der Waals surface area contributed by atoms with E-state index in [1.165, 1.54) is 7.11 Å². The first-order valence-corrected chi connectivity index (χ1v) is 4.12. The molecule has 5 nitrogen and oxygen atoms in total. The van der Waals surface area contributed by atoms with Crippen molar-refractivity contribution in [3.8, 4) is 0 Å². The van der Waals surface area contributed by atoms with Gasteiger partial charge < -0.3 is 9.57 Å². The fourth-order valence-corrected chi connectivity index (χ4v) is 1.30. The van der Waals surface area contributed by atoms with Crippen molar-refractivity contribution in [2.45, 2.75) is 19.9 Å². The molecule has 0 radical (unpaired) electrons. The van der Waals surface area contributed by atoms with Crippen LogP contribution in [0.4, 0.5) is 0 Å². The van der Waals surface area contributed by atoms with Gasteiger partial charge in [0.15, 0.2) is 5.92 Å². The number of hydroxylamine groups is 1. The Morgan fingerprint density at radius 3 is 2.69 bits per heavy atom. The lowest BCUT2D eigenvalue weighted by Gasteiger charge is -2.15. The van der Waals surface area contributed by atoms with Gasteiger partial charge in [-0.3, -0.25) is 4.79 Å². The summed E-state index contributed by atoms with van der Waals surface area (Å²) in [6.45, 7) is 3.80. The van der Waals surface area contributed by atoms with Crippen molar-refractivity contribution in [2.75, 3.05) is 7.11 Å². The van der Waals surface area contributed by atoms with Crippen LogP contribution in [0.5, 0.6) is 0 Å². The lowest BCUT2D eigenvalue weighted by atomic mass is 9.92.